The van der Waals surface area contributed by atoms with E-state index in [1.54, 1.807) is 37.3 Å². The average molecular weight is 419 g/mol. The minimum Gasteiger partial charge on any atom is -0.465 e. The van der Waals surface area contributed by atoms with Crippen molar-refractivity contribution < 1.29 is 19.7 Å². The largest absolute Gasteiger partial charge is 0.465 e. The van der Waals surface area contributed by atoms with Crippen LogP contribution in [0.25, 0.3) is 0 Å². The monoisotopic (exact) mass is 418 g/mol. The van der Waals surface area contributed by atoms with Gasteiger partial charge in [0.2, 0.25) is 0 Å². The fourth-order valence-corrected chi connectivity index (χ4v) is 5.01. The summed E-state index contributed by atoms with van der Waals surface area (Å²) in [6.07, 6.45) is 0.834. The Morgan fingerprint density at radius 2 is 1.79 bits per heavy atom. The number of halogens is 1. The Morgan fingerprint density at radius 1 is 1.18 bits per heavy atom. The maximum absolute atomic E-state index is 12.1. The first kappa shape index (κ1) is 20.9. The van der Waals surface area contributed by atoms with Gasteiger partial charge >= 0.3 is 5.97 Å². The number of hydrogen-bond donors (Lipinski definition) is 2. The van der Waals surface area contributed by atoms with Crippen LogP contribution in [-0.4, -0.2) is 28.5 Å². The van der Waals surface area contributed by atoms with Gasteiger partial charge in [0.05, 0.1) is 23.7 Å². The first-order valence-electron chi connectivity index (χ1n) is 8.94. The fraction of sp³-hybridized carbons (Fsp3) is 0.318. The summed E-state index contributed by atoms with van der Waals surface area (Å²) in [6, 6.07) is 14.5. The lowest BCUT2D eigenvalue weighted by atomic mass is 9.78. The van der Waals surface area contributed by atoms with Crippen LogP contribution in [0.1, 0.15) is 29.7 Å². The van der Waals surface area contributed by atoms with Crippen molar-refractivity contribution in [2.45, 2.75) is 30.8 Å². The molecule has 0 spiro atoms. The quantitative estimate of drug-likeness (QED) is 0.705. The minimum absolute atomic E-state index is 0.387. The Hall–Kier alpha value is -1.79. The molecule has 1 aliphatic rings. The number of thioether (sulfide) groups is 1. The SMILES string of the molecule is COC(=O)C1=C[C@@H](C(C)(O)c2ccc(Cl)cc2)[C@H](C(O)c2ccc(C)cc2)S1. The Bertz CT molecular complexity index is 874. The summed E-state index contributed by atoms with van der Waals surface area (Å²) in [6.45, 7) is 3.67. The van der Waals surface area contributed by atoms with Crippen LogP contribution < -0.4 is 0 Å². The molecule has 0 saturated heterocycles. The smallest absolute Gasteiger partial charge is 0.344 e. The first-order chi connectivity index (χ1) is 13.2. The molecule has 0 bridgehead atoms. The molecule has 3 rings (SSSR count). The number of methoxy groups -OCH3 is 1. The number of aliphatic hydroxyl groups excluding tert-OH is 1. The van der Waals surface area contributed by atoms with Crippen molar-refractivity contribution in [1.82, 2.24) is 0 Å². The van der Waals surface area contributed by atoms with E-state index >= 15 is 0 Å². The van der Waals surface area contributed by atoms with Gasteiger partial charge in [0.15, 0.2) is 0 Å². The van der Waals surface area contributed by atoms with E-state index in [-0.39, 0.29) is 0 Å². The zero-order valence-corrected chi connectivity index (χ0v) is 17.5. The Balaban J connectivity index is 1.99. The second-order valence-corrected chi connectivity index (χ2v) is 8.80. The van der Waals surface area contributed by atoms with Crippen LogP contribution in [0.3, 0.4) is 0 Å². The molecule has 2 N–H and O–H groups in total. The van der Waals surface area contributed by atoms with E-state index in [1.165, 1.54) is 18.9 Å². The van der Waals surface area contributed by atoms with E-state index < -0.39 is 28.8 Å². The molecule has 0 amide bonds. The molecule has 6 heteroatoms. The maximum atomic E-state index is 12.1. The molecule has 0 saturated carbocycles. The standard InChI is InChI=1S/C22H23ClO4S/c1-13-4-6-14(7-5-13)19(24)20-17(12-18(28-20)21(25)27-3)22(2,26)15-8-10-16(23)11-9-15/h4-12,17,19-20,24,26H,1-3H3/t17-,19?,20-,22?/m1/s1. The summed E-state index contributed by atoms with van der Waals surface area (Å²) in [7, 11) is 1.32. The summed E-state index contributed by atoms with van der Waals surface area (Å²) < 4.78 is 4.86. The zero-order valence-electron chi connectivity index (χ0n) is 15.9. The number of esters is 1. The first-order valence-corrected chi connectivity index (χ1v) is 10.2. The van der Waals surface area contributed by atoms with E-state index in [1.807, 2.05) is 31.2 Å². The van der Waals surface area contributed by atoms with E-state index in [2.05, 4.69) is 0 Å². The highest BCUT2D eigenvalue weighted by Gasteiger charge is 2.46. The molecule has 148 valence electrons. The zero-order chi connectivity index (χ0) is 20.5. The van der Waals surface area contributed by atoms with Crippen molar-refractivity contribution in [3.8, 4) is 0 Å². The number of ether oxygens (including phenoxy) is 1. The predicted molar refractivity (Wildman–Crippen MR) is 112 cm³/mol. The van der Waals surface area contributed by atoms with Gasteiger partial charge in [0, 0.05) is 16.2 Å². The molecule has 28 heavy (non-hydrogen) atoms. The molecule has 0 aliphatic carbocycles. The second-order valence-electron chi connectivity index (χ2n) is 7.14. The molecule has 2 aromatic rings. The van der Waals surface area contributed by atoms with Gasteiger partial charge < -0.3 is 14.9 Å². The number of carbonyl (C=O) groups is 1. The number of hydrogen-bond acceptors (Lipinski definition) is 5. The van der Waals surface area contributed by atoms with Crippen LogP contribution >= 0.6 is 23.4 Å². The maximum Gasteiger partial charge on any atom is 0.344 e. The van der Waals surface area contributed by atoms with Gasteiger partial charge in [0.25, 0.3) is 0 Å². The van der Waals surface area contributed by atoms with E-state index in [9.17, 15) is 15.0 Å². The predicted octanol–water partition coefficient (Wildman–Crippen LogP) is 4.38. The summed E-state index contributed by atoms with van der Waals surface area (Å²) >= 11 is 7.21. The summed E-state index contributed by atoms with van der Waals surface area (Å²) in [5, 5.41) is 22.6. The molecule has 4 nitrogen and oxygen atoms in total. The van der Waals surface area contributed by atoms with Crippen LogP contribution in [-0.2, 0) is 15.1 Å². The molecule has 0 aromatic heterocycles. The topological polar surface area (TPSA) is 66.8 Å². The fourth-order valence-electron chi connectivity index (χ4n) is 3.41. The highest BCUT2D eigenvalue weighted by atomic mass is 35.5. The number of benzene rings is 2. The van der Waals surface area contributed by atoms with Crippen LogP contribution in [0.15, 0.2) is 59.5 Å². The molecule has 0 fully saturated rings. The van der Waals surface area contributed by atoms with Crippen LogP contribution in [0.4, 0.5) is 0 Å². The number of rotatable bonds is 5. The average Bonchev–Trinajstić information content (AvgIpc) is 3.14. The Labute approximate surface area is 174 Å². The summed E-state index contributed by atoms with van der Waals surface area (Å²) in [5.41, 5.74) is 1.17. The van der Waals surface area contributed by atoms with Gasteiger partial charge in [-0.2, -0.15) is 0 Å². The molecule has 2 unspecified atom stereocenters. The summed E-state index contributed by atoms with van der Waals surface area (Å²) in [4.78, 5) is 12.5. The van der Waals surface area contributed by atoms with Gasteiger partial charge in [-0.3, -0.25) is 0 Å². The lowest BCUT2D eigenvalue weighted by Crippen LogP contribution is -2.38. The molecule has 1 aliphatic heterocycles. The van der Waals surface area contributed by atoms with E-state index in [4.69, 9.17) is 16.3 Å². The van der Waals surface area contributed by atoms with E-state index in [0.717, 1.165) is 11.1 Å². The van der Waals surface area contributed by atoms with Gasteiger partial charge in [-0.05, 0) is 37.1 Å². The van der Waals surface area contributed by atoms with Gasteiger partial charge in [-0.25, -0.2) is 4.79 Å². The lowest BCUT2D eigenvalue weighted by Gasteiger charge is -2.35. The Morgan fingerprint density at radius 3 is 2.36 bits per heavy atom. The molecular formula is C22H23ClO4S. The number of aryl methyl sites for hydroxylation is 1. The highest BCUT2D eigenvalue weighted by Crippen LogP contribution is 2.50. The van der Waals surface area contributed by atoms with Crippen molar-refractivity contribution in [2.24, 2.45) is 5.92 Å². The third-order valence-electron chi connectivity index (χ3n) is 5.14. The van der Waals surface area contributed by atoms with Crippen LogP contribution in [0, 0.1) is 12.8 Å². The van der Waals surface area contributed by atoms with Crippen molar-refractivity contribution >= 4 is 29.3 Å². The van der Waals surface area contributed by atoms with Crippen molar-refractivity contribution in [3.05, 3.63) is 81.2 Å². The number of carbonyl (C=O) groups excluding carboxylic acids is 1. The van der Waals surface area contributed by atoms with Crippen molar-refractivity contribution in [1.29, 1.82) is 0 Å². The Kier molecular flexibility index (Phi) is 6.20. The van der Waals surface area contributed by atoms with Crippen LogP contribution in [0.2, 0.25) is 5.02 Å². The molecule has 2 aromatic carbocycles. The van der Waals surface area contributed by atoms with Crippen molar-refractivity contribution in [2.75, 3.05) is 7.11 Å². The van der Waals surface area contributed by atoms with Crippen molar-refractivity contribution in [3.63, 3.8) is 0 Å². The van der Waals surface area contributed by atoms with Gasteiger partial charge in [-0.1, -0.05) is 59.6 Å². The van der Waals surface area contributed by atoms with Gasteiger partial charge in [-0.15, -0.1) is 11.8 Å². The lowest BCUT2D eigenvalue weighted by molar-refractivity contribution is -0.135. The molecule has 4 atom stereocenters. The second kappa shape index (κ2) is 8.29. The number of aliphatic hydroxyl groups is 2. The third kappa shape index (κ3) is 4.13. The molecular weight excluding hydrogens is 396 g/mol. The van der Waals surface area contributed by atoms with Gasteiger partial charge in [0.1, 0.15) is 0 Å². The van der Waals surface area contributed by atoms with Crippen LogP contribution in [0.5, 0.6) is 0 Å². The van der Waals surface area contributed by atoms with E-state index in [0.29, 0.717) is 15.5 Å². The summed E-state index contributed by atoms with van der Waals surface area (Å²) in [5.74, 6) is -0.982. The normalized spacial score (nSPS) is 22.3. The highest BCUT2D eigenvalue weighted by molar-refractivity contribution is 8.04. The molecule has 1 heterocycles. The minimum atomic E-state index is -1.32. The third-order valence-corrected chi connectivity index (χ3v) is 6.77. The molecule has 0 radical (unpaired) electrons.